The second-order valence-corrected chi connectivity index (χ2v) is 4.22. The van der Waals surface area contributed by atoms with Crippen LogP contribution in [-0.4, -0.2) is 0 Å². The second-order valence-electron chi connectivity index (χ2n) is 4.22. The maximum absolute atomic E-state index is 13.4. The van der Waals surface area contributed by atoms with Crippen molar-refractivity contribution in [2.45, 2.75) is 32.1 Å². The van der Waals surface area contributed by atoms with Gasteiger partial charge in [-0.2, -0.15) is 0 Å². The van der Waals surface area contributed by atoms with Gasteiger partial charge in [-0.3, -0.25) is 0 Å². The minimum atomic E-state index is -0.496. The van der Waals surface area contributed by atoms with Crippen LogP contribution in [0.4, 0.5) is 8.78 Å². The van der Waals surface area contributed by atoms with Crippen LogP contribution in [0.15, 0.2) is 18.2 Å². The molecule has 0 heterocycles. The van der Waals surface area contributed by atoms with Gasteiger partial charge < -0.3 is 0 Å². The van der Waals surface area contributed by atoms with E-state index in [1.165, 1.54) is 18.9 Å². The lowest BCUT2D eigenvalue weighted by molar-refractivity contribution is 0.436. The van der Waals surface area contributed by atoms with Crippen molar-refractivity contribution in [3.63, 3.8) is 0 Å². The van der Waals surface area contributed by atoms with Gasteiger partial charge in [0.25, 0.3) is 0 Å². The van der Waals surface area contributed by atoms with Gasteiger partial charge in [0, 0.05) is 6.07 Å². The van der Waals surface area contributed by atoms with E-state index in [0.717, 1.165) is 18.9 Å². The topological polar surface area (TPSA) is 0 Å². The Balaban J connectivity index is 2.03. The molecule has 0 N–H and O–H groups in total. The number of benzene rings is 1. The first-order valence-electron chi connectivity index (χ1n) is 5.53. The summed E-state index contributed by atoms with van der Waals surface area (Å²) in [6.07, 6.45) is 7.73. The van der Waals surface area contributed by atoms with Gasteiger partial charge in [-0.05, 0) is 43.2 Å². The fourth-order valence-corrected chi connectivity index (χ4v) is 2.18. The first-order chi connectivity index (χ1) is 7.25. The van der Waals surface area contributed by atoms with Crippen molar-refractivity contribution >= 4 is 0 Å². The molecule has 0 nitrogen and oxygen atoms in total. The van der Waals surface area contributed by atoms with Crippen molar-refractivity contribution in [1.29, 1.82) is 0 Å². The molecule has 2 rings (SSSR count). The van der Waals surface area contributed by atoms with Gasteiger partial charge in [-0.15, -0.1) is 0 Å². The standard InChI is InChI=1S/C13H15F2/c14-12-7-6-11(13(15)9-12)8-10-4-2-1-3-5-10/h4,6-7,9-10H,1-3,5,8H2. The van der Waals surface area contributed by atoms with Crippen LogP contribution >= 0.6 is 0 Å². The molecule has 1 aliphatic carbocycles. The zero-order chi connectivity index (χ0) is 10.7. The molecule has 0 aliphatic heterocycles. The number of halogens is 2. The lowest BCUT2D eigenvalue weighted by Crippen LogP contribution is -2.11. The molecule has 1 atom stereocenters. The lowest BCUT2D eigenvalue weighted by Gasteiger charge is -2.21. The number of rotatable bonds is 2. The van der Waals surface area contributed by atoms with Crippen LogP contribution in [-0.2, 0) is 6.42 Å². The van der Waals surface area contributed by atoms with E-state index in [1.807, 2.05) is 0 Å². The third kappa shape index (κ3) is 2.77. The lowest BCUT2D eigenvalue weighted by atomic mass is 9.85. The molecule has 1 unspecified atom stereocenters. The summed E-state index contributed by atoms with van der Waals surface area (Å²) in [6, 6.07) is 3.87. The van der Waals surface area contributed by atoms with Crippen LogP contribution in [0.3, 0.4) is 0 Å². The van der Waals surface area contributed by atoms with Gasteiger partial charge in [0.15, 0.2) is 0 Å². The molecule has 1 fully saturated rings. The molecule has 0 spiro atoms. The van der Waals surface area contributed by atoms with Crippen molar-refractivity contribution in [1.82, 2.24) is 0 Å². The van der Waals surface area contributed by atoms with Gasteiger partial charge in [0.2, 0.25) is 0 Å². The van der Waals surface area contributed by atoms with Crippen molar-refractivity contribution < 1.29 is 8.78 Å². The highest BCUT2D eigenvalue weighted by Crippen LogP contribution is 2.26. The Kier molecular flexibility index (Phi) is 3.34. The Labute approximate surface area is 89.3 Å². The maximum atomic E-state index is 13.4. The first-order valence-corrected chi connectivity index (χ1v) is 5.53. The molecular formula is C13H15F2. The summed E-state index contributed by atoms with van der Waals surface area (Å²) in [6.45, 7) is 0. The third-order valence-corrected chi connectivity index (χ3v) is 3.03. The molecular weight excluding hydrogens is 194 g/mol. The van der Waals surface area contributed by atoms with Crippen LogP contribution in [0.2, 0.25) is 0 Å². The van der Waals surface area contributed by atoms with Crippen LogP contribution in [0.5, 0.6) is 0 Å². The molecule has 0 aromatic heterocycles. The molecule has 0 amide bonds. The van der Waals surface area contributed by atoms with Crippen molar-refractivity contribution in [2.24, 2.45) is 5.92 Å². The smallest absolute Gasteiger partial charge is 0.129 e. The van der Waals surface area contributed by atoms with Crippen LogP contribution in [0, 0.1) is 24.0 Å². The molecule has 15 heavy (non-hydrogen) atoms. The summed E-state index contributed by atoms with van der Waals surface area (Å²) in [5.74, 6) is -0.434. The quantitative estimate of drug-likeness (QED) is 0.693. The van der Waals surface area contributed by atoms with E-state index in [2.05, 4.69) is 6.42 Å². The molecule has 0 bridgehead atoms. The number of hydrogen-bond donors (Lipinski definition) is 0. The SMILES string of the molecule is Fc1ccc(CC2[CH]CCCC2)c(F)c1. The normalized spacial score (nSPS) is 18.0. The second kappa shape index (κ2) is 4.73. The molecule has 0 saturated heterocycles. The Hall–Kier alpha value is -0.920. The average molecular weight is 209 g/mol. The highest BCUT2D eigenvalue weighted by molar-refractivity contribution is 5.19. The van der Waals surface area contributed by atoms with Crippen molar-refractivity contribution in [2.75, 3.05) is 0 Å². The molecule has 2 heteroatoms. The summed E-state index contributed by atoms with van der Waals surface area (Å²) in [5.41, 5.74) is 0.638. The van der Waals surface area contributed by atoms with Gasteiger partial charge in [0.1, 0.15) is 11.6 Å². The predicted octanol–water partition coefficient (Wildman–Crippen LogP) is 3.90. The Morgan fingerprint density at radius 1 is 1.20 bits per heavy atom. The molecule has 1 radical (unpaired) electrons. The Bertz CT molecular complexity index is 327. The van der Waals surface area contributed by atoms with Gasteiger partial charge in [-0.1, -0.05) is 18.9 Å². The average Bonchev–Trinajstić information content (AvgIpc) is 2.24. The summed E-state index contributed by atoms with van der Waals surface area (Å²) in [7, 11) is 0. The van der Waals surface area contributed by atoms with Crippen molar-refractivity contribution in [3.8, 4) is 0 Å². The van der Waals surface area contributed by atoms with Gasteiger partial charge in [0.05, 0.1) is 0 Å². The number of hydrogen-bond acceptors (Lipinski definition) is 0. The Morgan fingerprint density at radius 2 is 2.07 bits per heavy atom. The highest BCUT2D eigenvalue weighted by atomic mass is 19.1. The minimum absolute atomic E-state index is 0.408. The molecule has 1 aromatic carbocycles. The van der Waals surface area contributed by atoms with E-state index < -0.39 is 11.6 Å². The third-order valence-electron chi connectivity index (χ3n) is 3.03. The summed E-state index contributed by atoms with van der Waals surface area (Å²) < 4.78 is 26.0. The maximum Gasteiger partial charge on any atom is 0.129 e. The van der Waals surface area contributed by atoms with Crippen molar-refractivity contribution in [3.05, 3.63) is 41.8 Å². The highest BCUT2D eigenvalue weighted by Gasteiger charge is 2.16. The zero-order valence-corrected chi connectivity index (χ0v) is 8.68. The fraction of sp³-hybridized carbons (Fsp3) is 0.462. The predicted molar refractivity (Wildman–Crippen MR) is 56.3 cm³/mol. The molecule has 1 aromatic rings. The van der Waals surface area contributed by atoms with Crippen LogP contribution in [0.25, 0.3) is 0 Å². The van der Waals surface area contributed by atoms with E-state index in [1.54, 1.807) is 6.07 Å². The van der Waals surface area contributed by atoms with E-state index in [9.17, 15) is 8.78 Å². The van der Waals surface area contributed by atoms with E-state index in [-0.39, 0.29) is 0 Å². The molecule has 81 valence electrons. The van der Waals surface area contributed by atoms with E-state index in [4.69, 9.17) is 0 Å². The van der Waals surface area contributed by atoms with E-state index in [0.29, 0.717) is 17.9 Å². The zero-order valence-electron chi connectivity index (χ0n) is 8.68. The van der Waals surface area contributed by atoms with E-state index >= 15 is 0 Å². The van der Waals surface area contributed by atoms with Crippen LogP contribution in [0.1, 0.15) is 31.2 Å². The Morgan fingerprint density at radius 3 is 2.73 bits per heavy atom. The van der Waals surface area contributed by atoms with Gasteiger partial charge >= 0.3 is 0 Å². The largest absolute Gasteiger partial charge is 0.207 e. The molecule has 1 aliphatic rings. The first kappa shape index (κ1) is 10.6. The van der Waals surface area contributed by atoms with Gasteiger partial charge in [-0.25, -0.2) is 8.78 Å². The summed E-state index contributed by atoms with van der Waals surface area (Å²) >= 11 is 0. The monoisotopic (exact) mass is 209 g/mol. The fourth-order valence-electron chi connectivity index (χ4n) is 2.18. The molecule has 1 saturated carbocycles. The summed E-state index contributed by atoms with van der Waals surface area (Å²) in [5, 5.41) is 0. The minimum Gasteiger partial charge on any atom is -0.207 e. The van der Waals surface area contributed by atoms with Crippen LogP contribution < -0.4 is 0 Å². The summed E-state index contributed by atoms with van der Waals surface area (Å²) in [4.78, 5) is 0.